The number of hydrogen-bond acceptors (Lipinski definition) is 4. The largest absolute Gasteiger partial charge is 0.466 e. The second kappa shape index (κ2) is 6.31. The van der Waals surface area contributed by atoms with Gasteiger partial charge in [0.25, 0.3) is 5.91 Å². The summed E-state index contributed by atoms with van der Waals surface area (Å²) in [4.78, 5) is 16.5. The van der Waals surface area contributed by atoms with Crippen LogP contribution >= 0.6 is 0 Å². The predicted octanol–water partition coefficient (Wildman–Crippen LogP) is 3.28. The number of furan rings is 1. The standard InChI is InChI=1S/C18H20N4O2/c1-11-13(3)24-14(4)17(11)18(23)21-12(2)15-5-7-16(8-6-15)22-10-19-9-20-22/h5-10,12H,1-4H3,(H,21,23)/t12-/m1/s1. The molecule has 1 aromatic carbocycles. The Morgan fingerprint density at radius 1 is 1.17 bits per heavy atom. The van der Waals surface area contributed by atoms with Crippen LogP contribution < -0.4 is 5.32 Å². The quantitative estimate of drug-likeness (QED) is 0.799. The highest BCUT2D eigenvalue weighted by molar-refractivity contribution is 5.97. The van der Waals surface area contributed by atoms with Crippen LogP contribution in [0.25, 0.3) is 5.69 Å². The Bertz CT molecular complexity index is 848. The molecule has 24 heavy (non-hydrogen) atoms. The number of hydrogen-bond donors (Lipinski definition) is 1. The lowest BCUT2D eigenvalue weighted by Gasteiger charge is -2.15. The van der Waals surface area contributed by atoms with Gasteiger partial charge in [0.15, 0.2) is 0 Å². The molecule has 6 nitrogen and oxygen atoms in total. The minimum Gasteiger partial charge on any atom is -0.466 e. The van der Waals surface area contributed by atoms with Crippen molar-refractivity contribution in [3.63, 3.8) is 0 Å². The molecule has 0 radical (unpaired) electrons. The summed E-state index contributed by atoms with van der Waals surface area (Å²) < 4.78 is 7.22. The first-order valence-corrected chi connectivity index (χ1v) is 7.79. The number of aromatic nitrogens is 3. The van der Waals surface area contributed by atoms with Crippen molar-refractivity contribution in [2.45, 2.75) is 33.7 Å². The number of nitrogens with one attached hydrogen (secondary N) is 1. The van der Waals surface area contributed by atoms with Gasteiger partial charge in [-0.15, -0.1) is 0 Å². The van der Waals surface area contributed by atoms with E-state index in [1.807, 2.05) is 52.0 Å². The minimum absolute atomic E-state index is 0.115. The molecule has 3 rings (SSSR count). The Morgan fingerprint density at radius 2 is 1.88 bits per heavy atom. The molecule has 0 saturated carbocycles. The molecule has 124 valence electrons. The van der Waals surface area contributed by atoms with Crippen LogP contribution in [-0.4, -0.2) is 20.7 Å². The molecule has 2 aromatic heterocycles. The Hall–Kier alpha value is -2.89. The van der Waals surface area contributed by atoms with E-state index in [2.05, 4.69) is 15.4 Å². The van der Waals surface area contributed by atoms with Crippen molar-refractivity contribution in [2.75, 3.05) is 0 Å². The van der Waals surface area contributed by atoms with Crippen LogP contribution in [0.3, 0.4) is 0 Å². The maximum Gasteiger partial charge on any atom is 0.255 e. The van der Waals surface area contributed by atoms with E-state index in [0.29, 0.717) is 11.3 Å². The zero-order valence-electron chi connectivity index (χ0n) is 14.2. The van der Waals surface area contributed by atoms with Gasteiger partial charge in [-0.2, -0.15) is 5.10 Å². The number of benzene rings is 1. The first kappa shape index (κ1) is 16.0. The first-order valence-electron chi connectivity index (χ1n) is 7.79. The Balaban J connectivity index is 1.75. The van der Waals surface area contributed by atoms with Gasteiger partial charge in [0.2, 0.25) is 0 Å². The van der Waals surface area contributed by atoms with Crippen LogP contribution in [0.4, 0.5) is 0 Å². The third-order valence-electron chi connectivity index (χ3n) is 4.21. The van der Waals surface area contributed by atoms with Crippen LogP contribution in [0.15, 0.2) is 41.3 Å². The van der Waals surface area contributed by atoms with E-state index in [0.717, 1.165) is 22.6 Å². The molecule has 0 spiro atoms. The fourth-order valence-corrected chi connectivity index (χ4v) is 2.74. The van der Waals surface area contributed by atoms with E-state index in [-0.39, 0.29) is 11.9 Å². The fraction of sp³-hybridized carbons (Fsp3) is 0.278. The minimum atomic E-state index is -0.116. The summed E-state index contributed by atoms with van der Waals surface area (Å²) in [5.74, 6) is 1.31. The van der Waals surface area contributed by atoms with E-state index in [1.54, 1.807) is 11.0 Å². The average Bonchev–Trinajstić information content (AvgIpc) is 3.16. The van der Waals surface area contributed by atoms with Gasteiger partial charge < -0.3 is 9.73 Å². The maximum atomic E-state index is 12.5. The zero-order valence-corrected chi connectivity index (χ0v) is 14.2. The van der Waals surface area contributed by atoms with Crippen molar-refractivity contribution in [3.8, 4) is 5.69 Å². The van der Waals surface area contributed by atoms with E-state index in [1.165, 1.54) is 6.33 Å². The number of carbonyl (C=O) groups is 1. The molecule has 0 bridgehead atoms. The summed E-state index contributed by atoms with van der Waals surface area (Å²) in [6, 6.07) is 7.73. The molecule has 0 unspecified atom stereocenters. The van der Waals surface area contributed by atoms with Crippen molar-refractivity contribution in [1.82, 2.24) is 20.1 Å². The van der Waals surface area contributed by atoms with Gasteiger partial charge in [0, 0.05) is 5.56 Å². The number of amides is 1. The maximum absolute atomic E-state index is 12.5. The van der Waals surface area contributed by atoms with Gasteiger partial charge >= 0.3 is 0 Å². The molecular formula is C18H20N4O2. The SMILES string of the molecule is Cc1oc(C)c(C(=O)N[C@H](C)c2ccc(-n3cncn3)cc2)c1C. The molecule has 0 aliphatic heterocycles. The van der Waals surface area contributed by atoms with E-state index < -0.39 is 0 Å². The fourth-order valence-electron chi connectivity index (χ4n) is 2.74. The van der Waals surface area contributed by atoms with Gasteiger partial charge in [0.05, 0.1) is 17.3 Å². The number of nitrogens with zero attached hydrogens (tertiary/aromatic N) is 3. The van der Waals surface area contributed by atoms with Crippen molar-refractivity contribution in [1.29, 1.82) is 0 Å². The molecule has 1 atom stereocenters. The summed E-state index contributed by atoms with van der Waals surface area (Å²) in [5.41, 5.74) is 3.45. The molecule has 1 N–H and O–H groups in total. The van der Waals surface area contributed by atoms with E-state index >= 15 is 0 Å². The highest BCUT2D eigenvalue weighted by atomic mass is 16.3. The van der Waals surface area contributed by atoms with E-state index in [9.17, 15) is 4.79 Å². The van der Waals surface area contributed by atoms with Crippen molar-refractivity contribution in [2.24, 2.45) is 0 Å². The topological polar surface area (TPSA) is 73.0 Å². The third-order valence-corrected chi connectivity index (χ3v) is 4.21. The van der Waals surface area contributed by atoms with Crippen LogP contribution in [0.5, 0.6) is 0 Å². The van der Waals surface area contributed by atoms with Crippen LogP contribution in [-0.2, 0) is 0 Å². The van der Waals surface area contributed by atoms with Gasteiger partial charge in [-0.3, -0.25) is 4.79 Å². The lowest BCUT2D eigenvalue weighted by molar-refractivity contribution is 0.0938. The van der Waals surface area contributed by atoms with Gasteiger partial charge in [-0.05, 0) is 45.4 Å². The molecule has 2 heterocycles. The summed E-state index contributed by atoms with van der Waals surface area (Å²) in [6.07, 6.45) is 3.14. The first-order chi connectivity index (χ1) is 11.5. The number of carbonyl (C=O) groups excluding carboxylic acids is 1. The second-order valence-corrected chi connectivity index (χ2v) is 5.84. The Kier molecular flexibility index (Phi) is 4.20. The number of rotatable bonds is 4. The second-order valence-electron chi connectivity index (χ2n) is 5.84. The summed E-state index contributed by atoms with van der Waals surface area (Å²) >= 11 is 0. The Morgan fingerprint density at radius 3 is 2.42 bits per heavy atom. The molecule has 3 aromatic rings. The highest BCUT2D eigenvalue weighted by Crippen LogP contribution is 2.22. The monoisotopic (exact) mass is 324 g/mol. The van der Waals surface area contributed by atoms with Crippen molar-refractivity contribution in [3.05, 3.63) is 65.1 Å². The molecule has 0 aliphatic rings. The Labute approximate surface area is 140 Å². The molecule has 0 saturated heterocycles. The van der Waals surface area contributed by atoms with E-state index in [4.69, 9.17) is 4.42 Å². The van der Waals surface area contributed by atoms with Crippen LogP contribution in [0.1, 0.15) is 46.0 Å². The predicted molar refractivity (Wildman–Crippen MR) is 90.2 cm³/mol. The third kappa shape index (κ3) is 2.95. The van der Waals surface area contributed by atoms with Crippen molar-refractivity contribution < 1.29 is 9.21 Å². The van der Waals surface area contributed by atoms with Crippen LogP contribution in [0.2, 0.25) is 0 Å². The molecule has 0 fully saturated rings. The summed E-state index contributed by atoms with van der Waals surface area (Å²) in [6.45, 7) is 7.54. The molecular weight excluding hydrogens is 304 g/mol. The molecule has 6 heteroatoms. The van der Waals surface area contributed by atoms with Gasteiger partial charge in [0.1, 0.15) is 24.2 Å². The summed E-state index contributed by atoms with van der Waals surface area (Å²) in [7, 11) is 0. The summed E-state index contributed by atoms with van der Waals surface area (Å²) in [5, 5.41) is 7.12. The van der Waals surface area contributed by atoms with Gasteiger partial charge in [-0.25, -0.2) is 9.67 Å². The zero-order chi connectivity index (χ0) is 17.3. The smallest absolute Gasteiger partial charge is 0.255 e. The van der Waals surface area contributed by atoms with Gasteiger partial charge in [-0.1, -0.05) is 12.1 Å². The lowest BCUT2D eigenvalue weighted by Crippen LogP contribution is -2.27. The lowest BCUT2D eigenvalue weighted by atomic mass is 10.1. The average molecular weight is 324 g/mol. The highest BCUT2D eigenvalue weighted by Gasteiger charge is 2.20. The van der Waals surface area contributed by atoms with Crippen LogP contribution in [0, 0.1) is 20.8 Å². The van der Waals surface area contributed by atoms with Crippen molar-refractivity contribution >= 4 is 5.91 Å². The normalized spacial score (nSPS) is 12.2. The molecule has 0 aliphatic carbocycles. The molecule has 1 amide bonds. The number of aryl methyl sites for hydroxylation is 2.